The summed E-state index contributed by atoms with van der Waals surface area (Å²) >= 11 is 0. The normalized spacial score (nSPS) is 12.7. The molecule has 0 saturated carbocycles. The Kier molecular flexibility index (Phi) is 66.7. The first-order chi connectivity index (χ1) is 40.5. The highest BCUT2D eigenvalue weighted by Gasteiger charge is 2.19. The minimum atomic E-state index is -0.795. The summed E-state index contributed by atoms with van der Waals surface area (Å²) in [6.07, 6.45) is 94.4. The number of esters is 3. The summed E-state index contributed by atoms with van der Waals surface area (Å²) in [4.78, 5) is 38.4. The maximum atomic E-state index is 12.9. The van der Waals surface area contributed by atoms with Gasteiger partial charge < -0.3 is 14.2 Å². The van der Waals surface area contributed by atoms with Crippen molar-refractivity contribution in [3.63, 3.8) is 0 Å². The van der Waals surface area contributed by atoms with Crippen LogP contribution in [-0.2, 0) is 28.6 Å². The molecule has 1 unspecified atom stereocenters. The average molecular weight is 1140 g/mol. The van der Waals surface area contributed by atoms with Crippen LogP contribution in [0.5, 0.6) is 0 Å². The van der Waals surface area contributed by atoms with Gasteiger partial charge in [-0.3, -0.25) is 14.4 Å². The monoisotopic (exact) mass is 1140 g/mol. The molecular formula is C76H132O6. The lowest BCUT2D eigenvalue weighted by Gasteiger charge is -2.18. The molecule has 0 rings (SSSR count). The van der Waals surface area contributed by atoms with Crippen molar-refractivity contribution >= 4 is 17.9 Å². The number of hydrogen-bond acceptors (Lipinski definition) is 6. The number of allylic oxidation sites excluding steroid dienone is 16. The van der Waals surface area contributed by atoms with Crippen molar-refractivity contribution in [1.82, 2.24) is 0 Å². The molecule has 0 aliphatic carbocycles. The highest BCUT2D eigenvalue weighted by molar-refractivity contribution is 5.71. The van der Waals surface area contributed by atoms with Gasteiger partial charge in [0.2, 0.25) is 0 Å². The van der Waals surface area contributed by atoms with E-state index in [4.69, 9.17) is 14.2 Å². The molecule has 0 aromatic rings. The lowest BCUT2D eigenvalue weighted by molar-refractivity contribution is -0.167. The van der Waals surface area contributed by atoms with Crippen LogP contribution in [0.1, 0.15) is 348 Å². The molecule has 0 radical (unpaired) electrons. The molecule has 0 heterocycles. The van der Waals surface area contributed by atoms with Gasteiger partial charge in [-0.2, -0.15) is 0 Å². The van der Waals surface area contributed by atoms with Gasteiger partial charge in [-0.1, -0.05) is 323 Å². The van der Waals surface area contributed by atoms with Crippen molar-refractivity contribution < 1.29 is 28.6 Å². The Morgan fingerprint density at radius 2 is 0.476 bits per heavy atom. The molecule has 0 aromatic carbocycles. The molecule has 0 N–H and O–H groups in total. The van der Waals surface area contributed by atoms with E-state index in [1.165, 1.54) is 199 Å². The van der Waals surface area contributed by atoms with Gasteiger partial charge in [0.25, 0.3) is 0 Å². The number of ether oxygens (including phenoxy) is 3. The zero-order valence-corrected chi connectivity index (χ0v) is 54.2. The fourth-order valence-electron chi connectivity index (χ4n) is 10.1. The molecule has 0 fully saturated rings. The van der Waals surface area contributed by atoms with Crippen LogP contribution in [0.3, 0.4) is 0 Å². The molecule has 1 atom stereocenters. The van der Waals surface area contributed by atoms with E-state index in [1.807, 2.05) is 0 Å². The van der Waals surface area contributed by atoms with Crippen molar-refractivity contribution in [2.24, 2.45) is 0 Å². The Bertz CT molecular complexity index is 1590. The van der Waals surface area contributed by atoms with Crippen LogP contribution < -0.4 is 0 Å². The van der Waals surface area contributed by atoms with E-state index >= 15 is 0 Å². The zero-order chi connectivity index (χ0) is 59.2. The topological polar surface area (TPSA) is 78.9 Å². The Balaban J connectivity index is 4.31. The second kappa shape index (κ2) is 69.8. The Morgan fingerprint density at radius 3 is 0.768 bits per heavy atom. The molecule has 82 heavy (non-hydrogen) atoms. The third kappa shape index (κ3) is 67.1. The van der Waals surface area contributed by atoms with Crippen LogP contribution in [0.2, 0.25) is 0 Å². The van der Waals surface area contributed by atoms with Crippen LogP contribution in [-0.4, -0.2) is 37.2 Å². The van der Waals surface area contributed by atoms with Crippen molar-refractivity contribution in [2.45, 2.75) is 354 Å². The van der Waals surface area contributed by atoms with Gasteiger partial charge >= 0.3 is 17.9 Å². The van der Waals surface area contributed by atoms with Crippen LogP contribution in [0.25, 0.3) is 0 Å². The number of rotatable bonds is 64. The highest BCUT2D eigenvalue weighted by Crippen LogP contribution is 2.17. The predicted molar refractivity (Wildman–Crippen MR) is 357 cm³/mol. The minimum Gasteiger partial charge on any atom is -0.462 e. The fourth-order valence-corrected chi connectivity index (χ4v) is 10.1. The third-order valence-electron chi connectivity index (χ3n) is 15.3. The standard InChI is InChI=1S/C76H132O6/c1-4-7-10-13-16-19-22-25-27-29-31-33-35-37-38-40-41-43-45-47-49-51-54-57-60-63-66-69-75(78)81-72-73(71-80-74(77)68-65-62-59-56-53-24-21-18-15-12-9-6-3)82-76(79)70-67-64-61-58-55-52-50-48-46-44-42-39-36-34-32-30-28-26-23-20-17-14-11-8-5-2/h8,11,17,20,26,28-29,31-32,34,39,42,46,48,52,55,73H,4-7,9-10,12-16,18-19,21-25,27,30,33,35-38,40-41,43-45,47,49-51,53-54,56-72H2,1-3H3/b11-8-,20-17-,28-26-,31-29-,34-32-,42-39-,48-46-,55-52-. The number of carbonyl (C=O) groups excluding carboxylic acids is 3. The highest BCUT2D eigenvalue weighted by atomic mass is 16.6. The molecule has 0 aliphatic rings. The van der Waals surface area contributed by atoms with Gasteiger partial charge in [0.1, 0.15) is 13.2 Å². The molecule has 6 heteroatoms. The lowest BCUT2D eigenvalue weighted by Crippen LogP contribution is -2.30. The Labute approximate surface area is 508 Å². The van der Waals surface area contributed by atoms with E-state index < -0.39 is 6.10 Å². The maximum absolute atomic E-state index is 12.9. The second-order valence-corrected chi connectivity index (χ2v) is 23.4. The van der Waals surface area contributed by atoms with Crippen molar-refractivity contribution in [3.8, 4) is 0 Å². The first-order valence-electron chi connectivity index (χ1n) is 35.2. The molecule has 0 aliphatic heterocycles. The summed E-state index contributed by atoms with van der Waals surface area (Å²) in [5.74, 6) is -0.906. The van der Waals surface area contributed by atoms with Crippen LogP contribution in [0.15, 0.2) is 97.2 Å². The summed E-state index contributed by atoms with van der Waals surface area (Å²) in [7, 11) is 0. The fraction of sp³-hybridized carbons (Fsp3) is 0.750. The van der Waals surface area contributed by atoms with Gasteiger partial charge in [0.05, 0.1) is 0 Å². The largest absolute Gasteiger partial charge is 0.462 e. The first kappa shape index (κ1) is 78.3. The van der Waals surface area contributed by atoms with Gasteiger partial charge in [0.15, 0.2) is 6.10 Å². The van der Waals surface area contributed by atoms with Crippen LogP contribution >= 0.6 is 0 Å². The number of unbranched alkanes of at least 4 members (excludes halogenated alkanes) is 37. The molecular weight excluding hydrogens is 1010 g/mol. The minimum absolute atomic E-state index is 0.0879. The summed E-state index contributed by atoms with van der Waals surface area (Å²) in [6, 6.07) is 0. The average Bonchev–Trinajstić information content (AvgIpc) is 3.47. The molecule has 0 bridgehead atoms. The van der Waals surface area contributed by atoms with Gasteiger partial charge in [0, 0.05) is 19.3 Å². The number of hydrogen-bond donors (Lipinski definition) is 0. The Hall–Kier alpha value is -3.67. The lowest BCUT2D eigenvalue weighted by atomic mass is 10.0. The second-order valence-electron chi connectivity index (χ2n) is 23.4. The van der Waals surface area contributed by atoms with E-state index in [-0.39, 0.29) is 37.5 Å². The summed E-state index contributed by atoms with van der Waals surface area (Å²) in [5, 5.41) is 0. The Morgan fingerprint density at radius 1 is 0.256 bits per heavy atom. The van der Waals surface area contributed by atoms with Crippen molar-refractivity contribution in [3.05, 3.63) is 97.2 Å². The molecule has 0 saturated heterocycles. The zero-order valence-electron chi connectivity index (χ0n) is 54.2. The van der Waals surface area contributed by atoms with E-state index in [0.29, 0.717) is 12.8 Å². The molecule has 0 spiro atoms. The van der Waals surface area contributed by atoms with Gasteiger partial charge in [-0.15, -0.1) is 0 Å². The smallest absolute Gasteiger partial charge is 0.306 e. The van der Waals surface area contributed by atoms with Crippen LogP contribution in [0.4, 0.5) is 0 Å². The maximum Gasteiger partial charge on any atom is 0.306 e. The predicted octanol–water partition coefficient (Wildman–Crippen LogP) is 24.4. The molecule has 0 amide bonds. The molecule has 6 nitrogen and oxygen atoms in total. The third-order valence-corrected chi connectivity index (χ3v) is 15.3. The summed E-state index contributed by atoms with van der Waals surface area (Å²) in [6.45, 7) is 6.54. The summed E-state index contributed by atoms with van der Waals surface area (Å²) in [5.41, 5.74) is 0. The van der Waals surface area contributed by atoms with E-state index in [1.54, 1.807) is 0 Å². The van der Waals surface area contributed by atoms with Gasteiger partial charge in [-0.05, 0) is 103 Å². The SMILES string of the molecule is CC/C=C\C/C=C\C/C=C\C/C=C\C/C=C\C/C=C\C/C=C\CCCCCC(=O)OC(COC(=O)CCCCCCCCCCCCCC)COC(=O)CCCCCCCCCCCCCCCCC/C=C\CCCCCCCCCC. The van der Waals surface area contributed by atoms with Crippen molar-refractivity contribution in [2.75, 3.05) is 13.2 Å². The van der Waals surface area contributed by atoms with E-state index in [2.05, 4.69) is 118 Å². The molecule has 472 valence electrons. The van der Waals surface area contributed by atoms with E-state index in [9.17, 15) is 14.4 Å². The van der Waals surface area contributed by atoms with Gasteiger partial charge in [-0.25, -0.2) is 0 Å². The quantitative estimate of drug-likeness (QED) is 0.0261. The van der Waals surface area contributed by atoms with Crippen LogP contribution in [0, 0.1) is 0 Å². The van der Waals surface area contributed by atoms with Crippen molar-refractivity contribution in [1.29, 1.82) is 0 Å². The van der Waals surface area contributed by atoms with E-state index in [0.717, 1.165) is 109 Å². The number of carbonyl (C=O) groups is 3. The summed E-state index contributed by atoms with van der Waals surface area (Å²) < 4.78 is 16.9. The molecule has 0 aromatic heterocycles. The first-order valence-corrected chi connectivity index (χ1v) is 35.2.